The average Bonchev–Trinajstić information content (AvgIpc) is 3.13. The molecule has 1 fully saturated rings. The number of carbonyl (C=O) groups excluding carboxylic acids is 1. The highest BCUT2D eigenvalue weighted by molar-refractivity contribution is 7.97. The highest BCUT2D eigenvalue weighted by Crippen LogP contribution is 2.43. The second-order valence-corrected chi connectivity index (χ2v) is 12.7. The van der Waals surface area contributed by atoms with Crippen LogP contribution in [0, 0.1) is 11.8 Å². The van der Waals surface area contributed by atoms with E-state index in [2.05, 4.69) is 40.8 Å². The molecule has 0 aromatic heterocycles. The van der Waals surface area contributed by atoms with Crippen molar-refractivity contribution >= 4 is 35.1 Å². The molecule has 222 valence electrons. The van der Waals surface area contributed by atoms with E-state index in [9.17, 15) is 4.79 Å². The van der Waals surface area contributed by atoms with E-state index in [0.29, 0.717) is 37.2 Å². The summed E-state index contributed by atoms with van der Waals surface area (Å²) in [7, 11) is 1.72. The molecule has 1 N–H and O–H groups in total. The van der Waals surface area contributed by atoms with Crippen molar-refractivity contribution in [3.8, 4) is 5.75 Å². The first-order valence-corrected chi connectivity index (χ1v) is 16.4. The molecule has 8 heteroatoms. The van der Waals surface area contributed by atoms with Crippen LogP contribution >= 0.6 is 23.5 Å². The Bertz CT molecular complexity index is 1210. The van der Waals surface area contributed by atoms with E-state index < -0.39 is 0 Å². The van der Waals surface area contributed by atoms with Gasteiger partial charge < -0.3 is 19.1 Å². The number of nitrogens with one attached hydrogen (secondary N) is 1. The van der Waals surface area contributed by atoms with Gasteiger partial charge in [0.25, 0.3) is 5.91 Å². The quantitative estimate of drug-likeness (QED) is 0.209. The first-order valence-electron chi connectivity index (χ1n) is 15.1. The Hall–Kier alpha value is -2.19. The van der Waals surface area contributed by atoms with Crippen LogP contribution in [0.15, 0.2) is 48.6 Å². The van der Waals surface area contributed by atoms with Gasteiger partial charge in [0.1, 0.15) is 5.75 Å². The minimum atomic E-state index is -0.0581. The molecule has 1 amide bonds. The van der Waals surface area contributed by atoms with E-state index in [0.717, 1.165) is 67.4 Å². The predicted octanol–water partition coefficient (Wildman–Crippen LogP) is 7.06. The van der Waals surface area contributed by atoms with Crippen LogP contribution in [0.5, 0.6) is 5.75 Å². The second kappa shape index (κ2) is 14.8. The number of ether oxygens (including phenoxy) is 3. The molecule has 0 saturated heterocycles. The lowest BCUT2D eigenvalue weighted by Gasteiger charge is -2.44. The smallest absolute Gasteiger partial charge is 0.261 e. The fourth-order valence-electron chi connectivity index (χ4n) is 6.26. The Morgan fingerprint density at radius 1 is 1.15 bits per heavy atom. The standard InChI is InChI=1S/C33H43ClN2O4S/c1-3-7-23-18-27(34)11-13-28(23)26-21-36-20-25-9-12-29(25)31(39-16-15-38-2)8-5-4-6-17-41-35-33(37)24-10-14-32(40-22-26)30(36)19-24/h5,8,10-11,13-14,18-19,25-26,29,31H,3-4,6-7,9,12,15-17,20-22H2,1-2H3,(H,35,37)/b8-5+. The first kappa shape index (κ1) is 30.3. The predicted molar refractivity (Wildman–Crippen MR) is 168 cm³/mol. The van der Waals surface area contributed by atoms with Crippen LogP contribution in [-0.4, -0.2) is 57.8 Å². The molecule has 2 heterocycles. The SMILES string of the molecule is CCCc1cc(Cl)ccc1C1COc2ccc3cc2N(C1)CC1CCC1C(OCCOC)/C=C/CCCSNC3=O. The largest absolute Gasteiger partial charge is 0.491 e. The molecule has 5 rings (SSSR count). The highest BCUT2D eigenvalue weighted by Gasteiger charge is 2.39. The zero-order valence-corrected chi connectivity index (χ0v) is 25.9. The van der Waals surface area contributed by atoms with Crippen molar-refractivity contribution in [3.63, 3.8) is 0 Å². The van der Waals surface area contributed by atoms with Gasteiger partial charge >= 0.3 is 0 Å². The third kappa shape index (κ3) is 7.61. The lowest BCUT2D eigenvalue weighted by Crippen LogP contribution is -2.44. The number of benzene rings is 2. The fraction of sp³-hybridized carbons (Fsp3) is 0.545. The molecule has 2 aromatic carbocycles. The number of rotatable bonds is 7. The van der Waals surface area contributed by atoms with Crippen molar-refractivity contribution in [1.82, 2.24) is 4.72 Å². The summed E-state index contributed by atoms with van der Waals surface area (Å²) < 4.78 is 21.2. The van der Waals surface area contributed by atoms with Gasteiger partial charge in [-0.15, -0.1) is 0 Å². The lowest BCUT2D eigenvalue weighted by atomic mass is 9.70. The Morgan fingerprint density at radius 3 is 2.85 bits per heavy atom. The number of hydrogen-bond donors (Lipinski definition) is 1. The molecule has 2 bridgehead atoms. The average molecular weight is 599 g/mol. The van der Waals surface area contributed by atoms with Crippen molar-refractivity contribution in [2.24, 2.45) is 11.8 Å². The van der Waals surface area contributed by atoms with Gasteiger partial charge in [0.2, 0.25) is 0 Å². The minimum Gasteiger partial charge on any atom is -0.491 e. The Labute approximate surface area is 254 Å². The number of amides is 1. The van der Waals surface area contributed by atoms with Gasteiger partial charge in [-0.2, -0.15) is 0 Å². The van der Waals surface area contributed by atoms with Gasteiger partial charge in [0, 0.05) is 42.5 Å². The number of halogens is 1. The van der Waals surface area contributed by atoms with E-state index in [1.54, 1.807) is 7.11 Å². The van der Waals surface area contributed by atoms with Crippen molar-refractivity contribution in [2.75, 3.05) is 50.7 Å². The third-order valence-electron chi connectivity index (χ3n) is 8.57. The summed E-state index contributed by atoms with van der Waals surface area (Å²) in [5, 5.41) is 0.776. The summed E-state index contributed by atoms with van der Waals surface area (Å²) in [6.07, 6.45) is 10.9. The molecule has 4 unspecified atom stereocenters. The molecule has 3 aliphatic rings. The summed E-state index contributed by atoms with van der Waals surface area (Å²) in [6, 6.07) is 12.2. The summed E-state index contributed by atoms with van der Waals surface area (Å²) in [5.41, 5.74) is 4.27. The third-order valence-corrected chi connectivity index (χ3v) is 9.62. The van der Waals surface area contributed by atoms with Crippen LogP contribution in [0.1, 0.15) is 66.4 Å². The zero-order valence-electron chi connectivity index (χ0n) is 24.3. The minimum absolute atomic E-state index is 0.0581. The van der Waals surface area contributed by atoms with E-state index in [-0.39, 0.29) is 17.9 Å². The second-order valence-electron chi connectivity index (χ2n) is 11.4. The maximum absolute atomic E-state index is 13.1. The Morgan fingerprint density at radius 2 is 2.05 bits per heavy atom. The zero-order chi connectivity index (χ0) is 28.6. The van der Waals surface area contributed by atoms with Gasteiger partial charge in [0.05, 0.1) is 31.6 Å². The van der Waals surface area contributed by atoms with E-state index in [4.69, 9.17) is 25.8 Å². The molecule has 2 aromatic rings. The lowest BCUT2D eigenvalue weighted by molar-refractivity contribution is -0.0308. The fourth-order valence-corrected chi connectivity index (χ4v) is 7.12. The highest BCUT2D eigenvalue weighted by atomic mass is 35.5. The van der Waals surface area contributed by atoms with Gasteiger partial charge in [-0.05, 0) is 85.4 Å². The van der Waals surface area contributed by atoms with Crippen LogP contribution in [0.4, 0.5) is 5.69 Å². The molecular weight excluding hydrogens is 556 g/mol. The summed E-state index contributed by atoms with van der Waals surface area (Å²) in [5.74, 6) is 2.77. The van der Waals surface area contributed by atoms with Crippen LogP contribution in [0.2, 0.25) is 5.02 Å². The number of allylic oxidation sites excluding steroid dienone is 1. The Kier molecular flexibility index (Phi) is 10.9. The Balaban J connectivity index is 1.47. The monoisotopic (exact) mass is 598 g/mol. The molecular formula is C33H43ClN2O4S. The number of anilines is 1. The number of methoxy groups -OCH3 is 1. The number of hydrogen-bond acceptors (Lipinski definition) is 6. The van der Waals surface area contributed by atoms with Gasteiger partial charge in [0.15, 0.2) is 0 Å². The van der Waals surface area contributed by atoms with Gasteiger partial charge in [-0.25, -0.2) is 0 Å². The van der Waals surface area contributed by atoms with Gasteiger partial charge in [-0.1, -0.05) is 55.1 Å². The van der Waals surface area contributed by atoms with Crippen LogP contribution in [0.25, 0.3) is 0 Å². The van der Waals surface area contributed by atoms with E-state index in [1.807, 2.05) is 24.3 Å². The molecule has 4 atom stereocenters. The number of nitrogens with zero attached hydrogens (tertiary/aromatic N) is 1. The number of fused-ring (bicyclic) bond motifs is 2. The van der Waals surface area contributed by atoms with E-state index in [1.165, 1.54) is 29.5 Å². The van der Waals surface area contributed by atoms with Crippen LogP contribution in [0.3, 0.4) is 0 Å². The molecule has 1 aliphatic carbocycles. The maximum Gasteiger partial charge on any atom is 0.261 e. The molecule has 2 aliphatic heterocycles. The van der Waals surface area contributed by atoms with Crippen LogP contribution < -0.4 is 14.4 Å². The number of carbonyl (C=O) groups is 1. The number of aryl methyl sites for hydroxylation is 1. The normalized spacial score (nSPS) is 25.7. The molecule has 6 nitrogen and oxygen atoms in total. The topological polar surface area (TPSA) is 60.0 Å². The summed E-state index contributed by atoms with van der Waals surface area (Å²) in [4.78, 5) is 15.5. The van der Waals surface area contributed by atoms with Crippen molar-refractivity contribution in [1.29, 1.82) is 0 Å². The van der Waals surface area contributed by atoms with Crippen molar-refractivity contribution in [2.45, 2.75) is 57.5 Å². The first-order chi connectivity index (χ1) is 20.1. The molecule has 0 radical (unpaired) electrons. The van der Waals surface area contributed by atoms with Crippen molar-refractivity contribution < 1.29 is 19.0 Å². The summed E-state index contributed by atoms with van der Waals surface area (Å²) >= 11 is 7.89. The molecule has 0 spiro atoms. The summed E-state index contributed by atoms with van der Waals surface area (Å²) in [6.45, 7) is 5.70. The van der Waals surface area contributed by atoms with Crippen LogP contribution in [-0.2, 0) is 15.9 Å². The maximum atomic E-state index is 13.1. The van der Waals surface area contributed by atoms with E-state index >= 15 is 0 Å². The van der Waals surface area contributed by atoms with Crippen molar-refractivity contribution in [3.05, 3.63) is 70.3 Å². The molecule has 41 heavy (non-hydrogen) atoms. The van der Waals surface area contributed by atoms with Gasteiger partial charge in [-0.3, -0.25) is 9.52 Å². The molecule has 1 saturated carbocycles.